The van der Waals surface area contributed by atoms with E-state index >= 15 is 0 Å². The Labute approximate surface area is 116 Å². The van der Waals surface area contributed by atoms with E-state index in [1.54, 1.807) is 6.92 Å². The molecule has 1 fully saturated rings. The molecule has 1 aliphatic rings. The summed E-state index contributed by atoms with van der Waals surface area (Å²) >= 11 is 0. The third-order valence-corrected chi connectivity index (χ3v) is 3.98. The Hall–Kier alpha value is -1.35. The molecule has 0 aromatic heterocycles. The van der Waals surface area contributed by atoms with Crippen molar-refractivity contribution in [3.8, 4) is 0 Å². The van der Waals surface area contributed by atoms with Crippen LogP contribution in [0.2, 0.25) is 0 Å². The fourth-order valence-electron chi connectivity index (χ4n) is 2.99. The largest absolute Gasteiger partial charge is 0.362 e. The Morgan fingerprint density at radius 2 is 2.16 bits per heavy atom. The first-order valence-corrected chi connectivity index (χ1v) is 7.03. The number of nitrogens with zero attached hydrogens (tertiary/aromatic N) is 1. The lowest BCUT2D eigenvalue weighted by atomic mass is 9.95. The molecule has 0 aliphatic carbocycles. The van der Waals surface area contributed by atoms with Crippen molar-refractivity contribution in [2.24, 2.45) is 0 Å². The van der Waals surface area contributed by atoms with Gasteiger partial charge in [0.2, 0.25) is 0 Å². The van der Waals surface area contributed by atoms with Crippen molar-refractivity contribution < 1.29 is 4.79 Å². The second kappa shape index (κ2) is 5.33. The molecule has 1 heterocycles. The molecule has 3 heteroatoms. The number of hydrogen-bond donors (Lipinski definition) is 1. The molecule has 1 atom stereocenters. The van der Waals surface area contributed by atoms with Gasteiger partial charge in [-0.3, -0.25) is 4.79 Å². The minimum atomic E-state index is 0.0956. The van der Waals surface area contributed by atoms with Crippen LogP contribution in [-0.4, -0.2) is 30.5 Å². The van der Waals surface area contributed by atoms with Crippen LogP contribution in [0.1, 0.15) is 44.5 Å². The minimum Gasteiger partial charge on any atom is -0.362 e. The number of ketones is 1. The Bertz CT molecular complexity index is 468. The molecule has 1 aliphatic heterocycles. The number of carbonyl (C=O) groups is 1. The molecule has 3 nitrogen and oxygen atoms in total. The number of rotatable bonds is 2. The molecule has 2 rings (SSSR count). The molecule has 0 saturated carbocycles. The molecular formula is C16H24N2O. The predicted octanol–water partition coefficient (Wildman–Crippen LogP) is 2.86. The highest BCUT2D eigenvalue weighted by Crippen LogP contribution is 2.30. The van der Waals surface area contributed by atoms with E-state index in [2.05, 4.69) is 37.1 Å². The normalized spacial score (nSPS) is 22.9. The summed E-state index contributed by atoms with van der Waals surface area (Å²) in [5, 5.41) is 3.48. The zero-order valence-corrected chi connectivity index (χ0v) is 12.4. The maximum absolute atomic E-state index is 11.6. The lowest BCUT2D eigenvalue weighted by Crippen LogP contribution is -2.49. The van der Waals surface area contributed by atoms with Crippen molar-refractivity contribution in [1.82, 2.24) is 5.32 Å². The molecule has 0 bridgehead atoms. The van der Waals surface area contributed by atoms with Crippen molar-refractivity contribution >= 4 is 11.5 Å². The van der Waals surface area contributed by atoms with E-state index in [1.807, 2.05) is 18.2 Å². The van der Waals surface area contributed by atoms with Crippen LogP contribution in [0.5, 0.6) is 0 Å². The van der Waals surface area contributed by atoms with Crippen molar-refractivity contribution in [2.45, 2.75) is 45.7 Å². The number of carbonyl (C=O) groups excluding carboxylic acids is 1. The highest BCUT2D eigenvalue weighted by molar-refractivity contribution is 5.95. The quantitative estimate of drug-likeness (QED) is 0.830. The molecule has 104 valence electrons. The molecule has 0 radical (unpaired) electrons. The lowest BCUT2D eigenvalue weighted by Gasteiger charge is -2.43. The van der Waals surface area contributed by atoms with Gasteiger partial charge in [0.15, 0.2) is 5.78 Å². The lowest BCUT2D eigenvalue weighted by molar-refractivity contribution is 0.101. The Morgan fingerprint density at radius 1 is 1.42 bits per heavy atom. The van der Waals surface area contributed by atoms with Crippen molar-refractivity contribution in [1.29, 1.82) is 0 Å². The number of anilines is 1. The van der Waals surface area contributed by atoms with Gasteiger partial charge in [0.1, 0.15) is 0 Å². The van der Waals surface area contributed by atoms with Crippen LogP contribution < -0.4 is 10.2 Å². The van der Waals surface area contributed by atoms with Crippen LogP contribution in [0, 0.1) is 0 Å². The van der Waals surface area contributed by atoms with E-state index in [0.29, 0.717) is 6.04 Å². The molecule has 1 aromatic rings. The summed E-state index contributed by atoms with van der Waals surface area (Å²) in [6.07, 6.45) is 1.10. The van der Waals surface area contributed by atoms with E-state index in [-0.39, 0.29) is 11.3 Å². The molecule has 19 heavy (non-hydrogen) atoms. The van der Waals surface area contributed by atoms with Crippen LogP contribution in [0.3, 0.4) is 0 Å². The summed E-state index contributed by atoms with van der Waals surface area (Å²) in [7, 11) is 0. The fourth-order valence-corrected chi connectivity index (χ4v) is 2.99. The maximum Gasteiger partial charge on any atom is 0.159 e. The average molecular weight is 260 g/mol. The predicted molar refractivity (Wildman–Crippen MR) is 80.0 cm³/mol. The zero-order valence-electron chi connectivity index (χ0n) is 12.4. The third-order valence-electron chi connectivity index (χ3n) is 3.98. The first-order chi connectivity index (χ1) is 8.92. The second-order valence-corrected chi connectivity index (χ2v) is 6.09. The zero-order chi connectivity index (χ0) is 14.0. The summed E-state index contributed by atoms with van der Waals surface area (Å²) in [5.41, 5.74) is 2.03. The van der Waals surface area contributed by atoms with Gasteiger partial charge in [-0.15, -0.1) is 0 Å². The van der Waals surface area contributed by atoms with Gasteiger partial charge in [-0.25, -0.2) is 0 Å². The highest BCUT2D eigenvalue weighted by Gasteiger charge is 2.32. The molecule has 1 N–H and O–H groups in total. The SMILES string of the molecule is CC(=O)c1cccc(N2C(C)CNCCC2(C)C)c1. The molecular weight excluding hydrogens is 236 g/mol. The Balaban J connectivity index is 2.41. The van der Waals surface area contributed by atoms with E-state index in [9.17, 15) is 4.79 Å². The van der Waals surface area contributed by atoms with Gasteiger partial charge >= 0.3 is 0 Å². The Morgan fingerprint density at radius 3 is 2.84 bits per heavy atom. The van der Waals surface area contributed by atoms with Crippen molar-refractivity contribution in [3.63, 3.8) is 0 Å². The summed E-state index contributed by atoms with van der Waals surface area (Å²) in [6.45, 7) is 10.4. The van der Waals surface area contributed by atoms with E-state index in [1.165, 1.54) is 0 Å². The van der Waals surface area contributed by atoms with Gasteiger partial charge < -0.3 is 10.2 Å². The minimum absolute atomic E-state index is 0.0956. The summed E-state index contributed by atoms with van der Waals surface area (Å²) in [4.78, 5) is 14.0. The number of benzene rings is 1. The maximum atomic E-state index is 11.6. The summed E-state index contributed by atoms with van der Waals surface area (Å²) in [5.74, 6) is 0.125. The average Bonchev–Trinajstić information content (AvgIpc) is 2.47. The van der Waals surface area contributed by atoms with Crippen LogP contribution in [-0.2, 0) is 0 Å². The van der Waals surface area contributed by atoms with Gasteiger partial charge in [0, 0.05) is 29.4 Å². The fraction of sp³-hybridized carbons (Fsp3) is 0.562. The molecule has 0 spiro atoms. The first-order valence-electron chi connectivity index (χ1n) is 7.03. The van der Waals surface area contributed by atoms with Crippen LogP contribution in [0.15, 0.2) is 24.3 Å². The first kappa shape index (κ1) is 14.1. The molecule has 1 aromatic carbocycles. The van der Waals surface area contributed by atoms with Crippen molar-refractivity contribution in [3.05, 3.63) is 29.8 Å². The van der Waals surface area contributed by atoms with Gasteiger partial charge in [-0.05, 0) is 52.8 Å². The number of Topliss-reactive ketones (excluding diaryl/α,β-unsaturated/α-hetero) is 1. The highest BCUT2D eigenvalue weighted by atomic mass is 16.1. The van der Waals surface area contributed by atoms with E-state index in [0.717, 1.165) is 30.8 Å². The van der Waals surface area contributed by atoms with Crippen molar-refractivity contribution in [2.75, 3.05) is 18.0 Å². The summed E-state index contributed by atoms with van der Waals surface area (Å²) < 4.78 is 0. The van der Waals surface area contributed by atoms with E-state index in [4.69, 9.17) is 0 Å². The van der Waals surface area contributed by atoms with Crippen LogP contribution in [0.25, 0.3) is 0 Å². The third kappa shape index (κ3) is 2.98. The topological polar surface area (TPSA) is 32.3 Å². The van der Waals surface area contributed by atoms with Crippen LogP contribution in [0.4, 0.5) is 5.69 Å². The van der Waals surface area contributed by atoms with E-state index < -0.39 is 0 Å². The molecule has 1 unspecified atom stereocenters. The van der Waals surface area contributed by atoms with Crippen LogP contribution >= 0.6 is 0 Å². The smallest absolute Gasteiger partial charge is 0.159 e. The molecule has 0 amide bonds. The van der Waals surface area contributed by atoms with Gasteiger partial charge in [0.25, 0.3) is 0 Å². The Kier molecular flexibility index (Phi) is 3.95. The number of nitrogens with one attached hydrogen (secondary N) is 1. The molecule has 1 saturated heterocycles. The number of hydrogen-bond acceptors (Lipinski definition) is 3. The standard InChI is InChI=1S/C16H24N2O/c1-12-11-17-9-8-16(3,4)18(12)15-7-5-6-14(10-15)13(2)19/h5-7,10,12,17H,8-9,11H2,1-4H3. The van der Waals surface area contributed by atoms with Gasteiger partial charge in [-0.2, -0.15) is 0 Å². The van der Waals surface area contributed by atoms with Gasteiger partial charge in [-0.1, -0.05) is 12.1 Å². The monoisotopic (exact) mass is 260 g/mol. The summed E-state index contributed by atoms with van der Waals surface area (Å²) in [6, 6.07) is 8.41. The second-order valence-electron chi connectivity index (χ2n) is 6.09. The van der Waals surface area contributed by atoms with Gasteiger partial charge in [0.05, 0.1) is 0 Å².